The lowest BCUT2D eigenvalue weighted by atomic mass is 10.0. The quantitative estimate of drug-likeness (QED) is 0.401. The summed E-state index contributed by atoms with van der Waals surface area (Å²) in [5.41, 5.74) is 5.38. The molecular formula is C34H50N10+4. The molecule has 0 radical (unpaired) electrons. The lowest BCUT2D eigenvalue weighted by Gasteiger charge is -2.56. The van der Waals surface area contributed by atoms with E-state index < -0.39 is 0 Å². The Morgan fingerprint density at radius 3 is 0.841 bits per heavy atom. The number of hydrogen-bond acceptors (Lipinski definition) is 6. The molecule has 11 rings (SSSR count). The van der Waals surface area contributed by atoms with E-state index in [4.69, 9.17) is 9.97 Å². The van der Waals surface area contributed by atoms with Crippen molar-refractivity contribution in [1.82, 2.24) is 29.6 Å². The van der Waals surface area contributed by atoms with Crippen LogP contribution in [0.5, 0.6) is 0 Å². The smallest absolute Gasteiger partial charge is 0.214 e. The second-order valence-corrected chi connectivity index (χ2v) is 16.3. The molecule has 0 aliphatic carbocycles. The van der Waals surface area contributed by atoms with Crippen LogP contribution in [-0.4, -0.2) is 177 Å². The number of quaternary nitrogens is 4. The molecule has 8 fully saturated rings. The normalized spacial score (nSPS) is 46.2. The zero-order valence-corrected chi connectivity index (χ0v) is 26.4. The SMILES string of the molecule is c1cc2nc(c1)C[N+]13CCN4CC[N+]5(CCN(CC1)C5C43)Cc1cccc(n1)C[N+]13CCN4CC[N+]5(CCN(CC1)C5C43)C2. The Labute approximate surface area is 262 Å². The Hall–Kier alpha value is -2.02. The van der Waals surface area contributed by atoms with E-state index in [0.717, 1.165) is 26.2 Å². The number of aromatic nitrogens is 2. The van der Waals surface area contributed by atoms with Gasteiger partial charge in [-0.25, -0.2) is 29.6 Å². The number of hydrogen-bond donors (Lipinski definition) is 0. The van der Waals surface area contributed by atoms with Crippen LogP contribution in [0, 0.1) is 0 Å². The van der Waals surface area contributed by atoms with Gasteiger partial charge in [-0.1, -0.05) is 12.1 Å². The molecule has 44 heavy (non-hydrogen) atoms. The topological polar surface area (TPSA) is 38.7 Å². The van der Waals surface area contributed by atoms with Crippen molar-refractivity contribution in [1.29, 1.82) is 0 Å². The summed E-state index contributed by atoms with van der Waals surface area (Å²) in [5, 5.41) is 0. The lowest BCUT2D eigenvalue weighted by Crippen LogP contribution is -2.78. The van der Waals surface area contributed by atoms with E-state index in [2.05, 4.69) is 56.0 Å². The van der Waals surface area contributed by atoms with Crippen LogP contribution in [-0.2, 0) is 26.2 Å². The Morgan fingerprint density at radius 2 is 0.614 bits per heavy atom. The summed E-state index contributed by atoms with van der Waals surface area (Å²) in [7, 11) is 0. The van der Waals surface area contributed by atoms with Crippen LogP contribution in [0.15, 0.2) is 36.4 Å². The Balaban J connectivity index is 1.07. The molecule has 10 heteroatoms. The van der Waals surface area contributed by atoms with Gasteiger partial charge in [0.2, 0.25) is 24.7 Å². The summed E-state index contributed by atoms with van der Waals surface area (Å²) in [6, 6.07) is 14.2. The van der Waals surface area contributed by atoms with Gasteiger partial charge in [0.1, 0.15) is 26.2 Å². The summed E-state index contributed by atoms with van der Waals surface area (Å²) in [5.74, 6) is 0. The van der Waals surface area contributed by atoms with Crippen molar-refractivity contribution in [2.45, 2.75) is 50.8 Å². The van der Waals surface area contributed by atoms with E-state index in [1.165, 1.54) is 145 Å². The Bertz CT molecular complexity index is 1300. The molecule has 0 N–H and O–H groups in total. The number of piperazine rings is 4. The molecule has 8 saturated heterocycles. The molecule has 2 aromatic rings. The molecule has 11 heterocycles. The van der Waals surface area contributed by atoms with Crippen LogP contribution in [0.4, 0.5) is 0 Å². The van der Waals surface area contributed by atoms with Crippen LogP contribution in [0.25, 0.3) is 0 Å². The fourth-order valence-electron chi connectivity index (χ4n) is 12.6. The van der Waals surface area contributed by atoms with Crippen molar-refractivity contribution in [2.75, 3.05) is 105 Å². The van der Waals surface area contributed by atoms with Gasteiger partial charge in [0.15, 0.2) is 0 Å². The van der Waals surface area contributed by atoms with Gasteiger partial charge in [-0.3, -0.25) is 17.9 Å². The van der Waals surface area contributed by atoms with Crippen molar-refractivity contribution >= 4 is 0 Å². The van der Waals surface area contributed by atoms with Gasteiger partial charge in [-0.2, -0.15) is 0 Å². The fourth-order valence-corrected chi connectivity index (χ4v) is 12.6. The number of pyridine rings is 2. The standard InChI is InChI=1S/C34H50N10/c1-3-27-23-41-15-7-37-13-21-43(17-9-39(11-19-41)33(43)31(37)41)25-29-5-2-6-30(36-29)26-44-18-10-40-12-20-42(24-28(4-1)35-27)16-8-38(14-22-44)32(42)34(40)44/h1-6,31-34H,7-26H2/q+4. The maximum atomic E-state index is 5.57. The highest BCUT2D eigenvalue weighted by Crippen LogP contribution is 2.47. The van der Waals surface area contributed by atoms with Gasteiger partial charge in [0, 0.05) is 0 Å². The van der Waals surface area contributed by atoms with E-state index in [-0.39, 0.29) is 0 Å². The van der Waals surface area contributed by atoms with Gasteiger partial charge in [0.25, 0.3) is 0 Å². The van der Waals surface area contributed by atoms with Gasteiger partial charge in [-0.05, 0) is 24.3 Å². The Kier molecular flexibility index (Phi) is 5.25. The average molecular weight is 599 g/mol. The second kappa shape index (κ2) is 8.86. The van der Waals surface area contributed by atoms with Crippen molar-refractivity contribution in [3.05, 3.63) is 59.2 Å². The van der Waals surface area contributed by atoms with Crippen molar-refractivity contribution in [3.8, 4) is 0 Å². The summed E-state index contributed by atoms with van der Waals surface area (Å²) < 4.78 is 4.88. The first-order valence-corrected chi connectivity index (χ1v) is 17.9. The van der Waals surface area contributed by atoms with E-state index in [1.807, 2.05) is 0 Å². The highest BCUT2D eigenvalue weighted by atomic mass is 15.7. The zero-order chi connectivity index (χ0) is 28.7. The van der Waals surface area contributed by atoms with E-state index >= 15 is 0 Å². The predicted octanol–water partition coefficient (Wildman–Crippen LogP) is 0.0788. The number of fused-ring (bicyclic) bond motifs is 4. The third kappa shape index (κ3) is 3.38. The molecular weight excluding hydrogens is 548 g/mol. The summed E-state index contributed by atoms with van der Waals surface area (Å²) >= 11 is 0. The van der Waals surface area contributed by atoms with E-state index in [1.54, 1.807) is 0 Å². The third-order valence-corrected chi connectivity index (χ3v) is 14.6. The van der Waals surface area contributed by atoms with E-state index in [9.17, 15) is 0 Å². The summed E-state index contributed by atoms with van der Waals surface area (Å²) in [6.07, 6.45) is 2.35. The molecule has 0 aromatic carbocycles. The highest BCUT2D eigenvalue weighted by molar-refractivity contribution is 5.13. The molecule has 12 bridgehead atoms. The minimum atomic E-state index is 0.587. The van der Waals surface area contributed by atoms with Crippen LogP contribution in [0.1, 0.15) is 22.8 Å². The van der Waals surface area contributed by atoms with E-state index in [0.29, 0.717) is 24.7 Å². The first-order chi connectivity index (χ1) is 21.6. The second-order valence-electron chi connectivity index (χ2n) is 16.3. The first kappa shape index (κ1) is 26.1. The van der Waals surface area contributed by atoms with Crippen molar-refractivity contribution in [2.24, 2.45) is 0 Å². The maximum absolute atomic E-state index is 5.57. The monoisotopic (exact) mass is 598 g/mol. The van der Waals surface area contributed by atoms with Crippen molar-refractivity contribution in [3.63, 3.8) is 0 Å². The van der Waals surface area contributed by atoms with Crippen LogP contribution in [0.3, 0.4) is 0 Å². The van der Waals surface area contributed by atoms with Crippen molar-refractivity contribution < 1.29 is 17.9 Å². The average Bonchev–Trinajstić information content (AvgIpc) is 3.78. The fraction of sp³-hybridized carbons (Fsp3) is 0.706. The highest BCUT2D eigenvalue weighted by Gasteiger charge is 2.69. The molecule has 0 spiro atoms. The molecule has 4 unspecified atom stereocenters. The third-order valence-electron chi connectivity index (χ3n) is 14.6. The number of nitrogens with zero attached hydrogens (tertiary/aromatic N) is 10. The van der Waals surface area contributed by atoms with Crippen LogP contribution in [0.2, 0.25) is 0 Å². The lowest BCUT2D eigenvalue weighted by molar-refractivity contribution is -1.04. The van der Waals surface area contributed by atoms with Crippen LogP contribution >= 0.6 is 0 Å². The maximum Gasteiger partial charge on any atom is 0.214 e. The molecule has 10 nitrogen and oxygen atoms in total. The van der Waals surface area contributed by atoms with Gasteiger partial charge in [0.05, 0.1) is 127 Å². The van der Waals surface area contributed by atoms with Gasteiger partial charge >= 0.3 is 0 Å². The minimum absolute atomic E-state index is 0.587. The summed E-state index contributed by atoms with van der Waals surface area (Å²) in [4.78, 5) is 22.7. The number of rotatable bonds is 0. The van der Waals surface area contributed by atoms with Gasteiger partial charge < -0.3 is 0 Å². The van der Waals surface area contributed by atoms with Crippen LogP contribution < -0.4 is 0 Å². The molecule has 0 saturated carbocycles. The molecule has 4 atom stereocenters. The largest absolute Gasteiger partial charge is 0.295 e. The molecule has 232 valence electrons. The minimum Gasteiger partial charge on any atom is -0.295 e. The Morgan fingerprint density at radius 1 is 0.386 bits per heavy atom. The molecule has 9 aliphatic heterocycles. The molecule has 0 amide bonds. The molecule has 2 aromatic heterocycles. The molecule has 9 aliphatic rings. The summed E-state index contributed by atoms with van der Waals surface area (Å²) in [6.45, 7) is 24.5. The predicted molar refractivity (Wildman–Crippen MR) is 165 cm³/mol. The zero-order valence-electron chi connectivity index (χ0n) is 26.4. The first-order valence-electron chi connectivity index (χ1n) is 17.9. The van der Waals surface area contributed by atoms with Gasteiger partial charge in [-0.15, -0.1) is 0 Å².